The summed E-state index contributed by atoms with van der Waals surface area (Å²) >= 11 is 0. The first kappa shape index (κ1) is 34.2. The van der Waals surface area contributed by atoms with E-state index in [4.69, 9.17) is 14.2 Å². The molecule has 6 nitrogen and oxygen atoms in total. The Morgan fingerprint density at radius 3 is 2.24 bits per heavy atom. The summed E-state index contributed by atoms with van der Waals surface area (Å²) in [5, 5.41) is 2.84. The molecule has 1 amide bonds. The van der Waals surface area contributed by atoms with E-state index in [-0.39, 0.29) is 23.6 Å². The van der Waals surface area contributed by atoms with Crippen LogP contribution < -0.4 is 10.1 Å². The highest BCUT2D eigenvalue weighted by atomic mass is 19.1. The smallest absolute Gasteiger partial charge is 0.338 e. The minimum atomic E-state index is -0.869. The van der Waals surface area contributed by atoms with Gasteiger partial charge < -0.3 is 19.5 Å². The van der Waals surface area contributed by atoms with Gasteiger partial charge in [-0.25, -0.2) is 9.18 Å². The molecule has 242 valence electrons. The van der Waals surface area contributed by atoms with Gasteiger partial charge >= 0.3 is 5.97 Å². The second-order valence-corrected chi connectivity index (χ2v) is 13.3. The van der Waals surface area contributed by atoms with E-state index in [2.05, 4.69) is 46.9 Å². The molecule has 0 aromatic heterocycles. The monoisotopic (exact) mass is 617 g/mol. The normalized spacial score (nSPS) is 21.0. The van der Waals surface area contributed by atoms with Crippen LogP contribution in [0.15, 0.2) is 72.8 Å². The topological polar surface area (TPSA) is 73.9 Å². The summed E-state index contributed by atoms with van der Waals surface area (Å²) in [7, 11) is 0. The molecule has 0 bridgehead atoms. The first-order valence-corrected chi connectivity index (χ1v) is 16.1. The van der Waals surface area contributed by atoms with Gasteiger partial charge in [0.05, 0.1) is 11.2 Å². The number of amides is 1. The van der Waals surface area contributed by atoms with E-state index in [0.29, 0.717) is 41.7 Å². The van der Waals surface area contributed by atoms with Gasteiger partial charge in [0.25, 0.3) is 0 Å². The first-order chi connectivity index (χ1) is 21.4. The van der Waals surface area contributed by atoms with E-state index in [1.807, 2.05) is 42.5 Å². The Labute approximate surface area is 267 Å². The Morgan fingerprint density at radius 1 is 0.933 bits per heavy atom. The molecule has 1 fully saturated rings. The van der Waals surface area contributed by atoms with Crippen molar-refractivity contribution in [3.8, 4) is 16.9 Å². The first-order valence-electron chi connectivity index (χ1n) is 16.1. The number of nitrogens with one attached hydrogen (secondary N) is 1. The maximum atomic E-state index is 14.3. The van der Waals surface area contributed by atoms with Gasteiger partial charge in [0.1, 0.15) is 11.6 Å². The molecule has 1 heterocycles. The van der Waals surface area contributed by atoms with Crippen molar-refractivity contribution in [3.05, 3.63) is 89.7 Å². The Hall–Kier alpha value is -3.71. The number of carbonyl (C=O) groups is 2. The third kappa shape index (κ3) is 8.72. The zero-order valence-corrected chi connectivity index (χ0v) is 27.6. The summed E-state index contributed by atoms with van der Waals surface area (Å²) in [6.07, 6.45) is 0.701. The Kier molecular flexibility index (Phi) is 11.4. The highest BCUT2D eigenvalue weighted by molar-refractivity contribution is 5.89. The maximum Gasteiger partial charge on any atom is 0.338 e. The molecule has 4 rings (SSSR count). The molecular formula is C38H48FNO5. The van der Waals surface area contributed by atoms with Crippen LogP contribution in [-0.2, 0) is 20.7 Å². The van der Waals surface area contributed by atoms with E-state index in [1.54, 1.807) is 18.2 Å². The number of halogens is 1. The van der Waals surface area contributed by atoms with Crippen LogP contribution in [0.2, 0.25) is 0 Å². The predicted octanol–water partition coefficient (Wildman–Crippen LogP) is 8.24. The summed E-state index contributed by atoms with van der Waals surface area (Å²) in [4.78, 5) is 24.9. The second kappa shape index (κ2) is 15.0. The molecule has 0 aliphatic carbocycles. The van der Waals surface area contributed by atoms with Crippen molar-refractivity contribution < 1.29 is 28.2 Å². The van der Waals surface area contributed by atoms with Crippen LogP contribution in [0.1, 0.15) is 77.2 Å². The third-order valence-electron chi connectivity index (χ3n) is 8.75. The lowest BCUT2D eigenvalue weighted by molar-refractivity contribution is -0.289. The fourth-order valence-corrected chi connectivity index (χ4v) is 6.65. The number of carbonyl (C=O) groups excluding carboxylic acids is 2. The van der Waals surface area contributed by atoms with Crippen molar-refractivity contribution >= 4 is 11.9 Å². The lowest BCUT2D eigenvalue weighted by Gasteiger charge is -2.52. The van der Waals surface area contributed by atoms with Gasteiger partial charge in [0.15, 0.2) is 6.10 Å². The van der Waals surface area contributed by atoms with E-state index in [0.717, 1.165) is 24.0 Å². The van der Waals surface area contributed by atoms with Crippen molar-refractivity contribution in [2.75, 3.05) is 6.54 Å². The molecule has 3 aromatic rings. The largest absolute Gasteiger partial charge is 0.461 e. The number of benzene rings is 3. The predicted molar refractivity (Wildman–Crippen MR) is 175 cm³/mol. The summed E-state index contributed by atoms with van der Waals surface area (Å²) in [5.41, 5.74) is 2.42. The molecule has 1 saturated heterocycles. The van der Waals surface area contributed by atoms with Crippen molar-refractivity contribution in [2.24, 2.45) is 23.7 Å². The number of rotatable bonds is 12. The van der Waals surface area contributed by atoms with E-state index in [1.165, 1.54) is 19.1 Å². The van der Waals surface area contributed by atoms with Crippen molar-refractivity contribution in [2.45, 2.75) is 85.7 Å². The van der Waals surface area contributed by atoms with Crippen LogP contribution in [0, 0.1) is 29.5 Å². The second-order valence-electron chi connectivity index (χ2n) is 13.3. The van der Waals surface area contributed by atoms with Crippen LogP contribution in [0.3, 0.4) is 0 Å². The standard InChI is InChI=1S/C38H48FNO5/c1-24(2)22-38(23-25(3)4)27(6)26(5)35(44-36(42)30-12-9-8-10-13-30)37(45-38)43-33-17-16-29(18-19-40-28(7)41)34(21-33)31-14-11-15-32(39)20-31/h8-17,20-21,24-27,35,37H,18-19,22-23H2,1-7H3,(H,40,41)/t26-,27-,35?,37?/m1/s1. The minimum Gasteiger partial charge on any atom is -0.461 e. The van der Waals surface area contributed by atoms with E-state index >= 15 is 0 Å². The van der Waals surface area contributed by atoms with Crippen LogP contribution in [0.4, 0.5) is 4.39 Å². The van der Waals surface area contributed by atoms with Crippen LogP contribution >= 0.6 is 0 Å². The molecule has 3 aromatic carbocycles. The molecular weight excluding hydrogens is 569 g/mol. The zero-order valence-electron chi connectivity index (χ0n) is 27.6. The average molecular weight is 618 g/mol. The molecule has 0 spiro atoms. The number of esters is 1. The van der Waals surface area contributed by atoms with Crippen molar-refractivity contribution in [3.63, 3.8) is 0 Å². The Balaban J connectivity index is 1.74. The van der Waals surface area contributed by atoms with Gasteiger partial charge in [0, 0.05) is 19.4 Å². The molecule has 45 heavy (non-hydrogen) atoms. The van der Waals surface area contributed by atoms with Crippen molar-refractivity contribution in [1.29, 1.82) is 0 Å². The summed E-state index contributed by atoms with van der Waals surface area (Å²) in [6.45, 7) is 15.0. The molecule has 0 saturated carbocycles. The number of hydrogen-bond acceptors (Lipinski definition) is 5. The Bertz CT molecular complexity index is 1430. The molecule has 4 atom stereocenters. The Morgan fingerprint density at radius 2 is 1.62 bits per heavy atom. The lowest BCUT2D eigenvalue weighted by Crippen LogP contribution is -2.60. The fourth-order valence-electron chi connectivity index (χ4n) is 6.65. The summed E-state index contributed by atoms with van der Waals surface area (Å²) < 4.78 is 34.2. The van der Waals surface area contributed by atoms with Gasteiger partial charge in [-0.3, -0.25) is 4.79 Å². The average Bonchev–Trinajstić information content (AvgIpc) is 2.98. The highest BCUT2D eigenvalue weighted by Crippen LogP contribution is 2.47. The summed E-state index contributed by atoms with van der Waals surface area (Å²) in [6, 6.07) is 21.1. The lowest BCUT2D eigenvalue weighted by atomic mass is 9.68. The van der Waals surface area contributed by atoms with Gasteiger partial charge in [-0.1, -0.05) is 77.9 Å². The minimum absolute atomic E-state index is 0.0615. The van der Waals surface area contributed by atoms with Gasteiger partial charge in [-0.2, -0.15) is 0 Å². The fraction of sp³-hybridized carbons (Fsp3) is 0.474. The third-order valence-corrected chi connectivity index (χ3v) is 8.75. The highest BCUT2D eigenvalue weighted by Gasteiger charge is 2.53. The van der Waals surface area contributed by atoms with Gasteiger partial charge in [0.2, 0.25) is 12.2 Å². The van der Waals surface area contributed by atoms with E-state index < -0.39 is 24.0 Å². The van der Waals surface area contributed by atoms with Crippen LogP contribution in [0.5, 0.6) is 5.75 Å². The number of ether oxygens (including phenoxy) is 3. The zero-order chi connectivity index (χ0) is 32.7. The molecule has 2 unspecified atom stereocenters. The maximum absolute atomic E-state index is 14.3. The molecule has 7 heteroatoms. The SMILES string of the molecule is CC(=O)NCCc1ccc(OC2OC(CC(C)C)(CC(C)C)[C@H](C)[C@@H](C)C2OC(=O)c2ccccc2)cc1-c1cccc(F)c1. The van der Waals surface area contributed by atoms with Gasteiger partial charge in [-0.05, 0) is 90.1 Å². The summed E-state index contributed by atoms with van der Waals surface area (Å²) in [5.74, 6) is 0.435. The molecule has 1 N–H and O–H groups in total. The van der Waals surface area contributed by atoms with Crippen LogP contribution in [-0.4, -0.2) is 36.4 Å². The van der Waals surface area contributed by atoms with Gasteiger partial charge in [-0.15, -0.1) is 0 Å². The molecule has 0 radical (unpaired) electrons. The molecule has 1 aliphatic rings. The van der Waals surface area contributed by atoms with E-state index in [9.17, 15) is 14.0 Å². The number of hydrogen-bond donors (Lipinski definition) is 1. The van der Waals surface area contributed by atoms with Crippen molar-refractivity contribution in [1.82, 2.24) is 5.32 Å². The quantitative estimate of drug-likeness (QED) is 0.207. The molecule has 1 aliphatic heterocycles. The van der Waals surface area contributed by atoms with Crippen LogP contribution in [0.25, 0.3) is 11.1 Å².